The van der Waals surface area contributed by atoms with Crippen LogP contribution in [0.15, 0.2) is 18.2 Å². The highest BCUT2D eigenvalue weighted by atomic mass is 35.5. The molecule has 18 heavy (non-hydrogen) atoms. The predicted octanol–water partition coefficient (Wildman–Crippen LogP) is 3.04. The van der Waals surface area contributed by atoms with Gasteiger partial charge < -0.3 is 9.64 Å². The minimum atomic E-state index is -0.0857. The van der Waals surface area contributed by atoms with Gasteiger partial charge in [-0.15, -0.1) is 0 Å². The van der Waals surface area contributed by atoms with Crippen LogP contribution in [-0.2, 0) is 9.53 Å². The highest BCUT2D eigenvalue weighted by molar-refractivity contribution is 6.31. The van der Waals surface area contributed by atoms with Gasteiger partial charge in [0, 0.05) is 23.8 Å². The third kappa shape index (κ3) is 2.61. The maximum Gasteiger partial charge on any atom is 0.308 e. The molecule has 1 fully saturated rings. The number of carbonyl (C=O) groups excluding carboxylic acids is 1. The van der Waals surface area contributed by atoms with E-state index in [1.165, 1.54) is 12.8 Å². The Hall–Kier alpha value is -1.22. The van der Waals surface area contributed by atoms with Crippen LogP contribution in [0.4, 0.5) is 5.69 Å². The second-order valence-corrected chi connectivity index (χ2v) is 5.08. The van der Waals surface area contributed by atoms with Crippen LogP contribution in [0.2, 0.25) is 5.02 Å². The fourth-order valence-electron chi connectivity index (χ4n) is 2.46. The Morgan fingerprint density at radius 2 is 2.06 bits per heavy atom. The van der Waals surface area contributed by atoms with Crippen molar-refractivity contribution in [1.29, 1.82) is 0 Å². The van der Waals surface area contributed by atoms with Crippen molar-refractivity contribution in [1.82, 2.24) is 0 Å². The van der Waals surface area contributed by atoms with Crippen LogP contribution in [0, 0.1) is 12.8 Å². The molecule has 1 aromatic rings. The van der Waals surface area contributed by atoms with Crippen LogP contribution in [0.3, 0.4) is 0 Å². The van der Waals surface area contributed by atoms with Crippen molar-refractivity contribution >= 4 is 23.3 Å². The van der Waals surface area contributed by atoms with Crippen LogP contribution in [0.25, 0.3) is 0 Å². The summed E-state index contributed by atoms with van der Waals surface area (Å²) in [6.45, 7) is 3.78. The lowest BCUT2D eigenvalue weighted by Gasteiger charge is -2.33. The maximum atomic E-state index is 11.5. The molecule has 1 aromatic carbocycles. The van der Waals surface area contributed by atoms with Gasteiger partial charge in [0.15, 0.2) is 0 Å². The average molecular weight is 268 g/mol. The third-order valence-electron chi connectivity index (χ3n) is 3.61. The summed E-state index contributed by atoms with van der Waals surface area (Å²) in [6, 6.07) is 5.96. The number of esters is 1. The largest absolute Gasteiger partial charge is 0.469 e. The summed E-state index contributed by atoms with van der Waals surface area (Å²) in [7, 11) is 1.45. The molecule has 1 aliphatic heterocycles. The topological polar surface area (TPSA) is 29.5 Å². The van der Waals surface area contributed by atoms with Gasteiger partial charge in [-0.2, -0.15) is 0 Å². The molecule has 0 amide bonds. The molecule has 0 saturated carbocycles. The first-order chi connectivity index (χ1) is 8.63. The van der Waals surface area contributed by atoms with E-state index in [-0.39, 0.29) is 11.9 Å². The van der Waals surface area contributed by atoms with Crippen LogP contribution in [0.5, 0.6) is 0 Å². The van der Waals surface area contributed by atoms with E-state index < -0.39 is 0 Å². The Kier molecular flexibility index (Phi) is 4.12. The lowest BCUT2D eigenvalue weighted by molar-refractivity contribution is -0.146. The van der Waals surface area contributed by atoms with Gasteiger partial charge in [-0.25, -0.2) is 0 Å². The summed E-state index contributed by atoms with van der Waals surface area (Å²) in [6.07, 6.45) is 1.69. The Labute approximate surface area is 113 Å². The molecule has 3 nitrogen and oxygen atoms in total. The van der Waals surface area contributed by atoms with Gasteiger partial charge in [-0.3, -0.25) is 4.79 Å². The number of benzene rings is 1. The summed E-state index contributed by atoms with van der Waals surface area (Å²) in [5.41, 5.74) is 2.28. The van der Waals surface area contributed by atoms with Crippen molar-refractivity contribution in [2.24, 2.45) is 5.92 Å². The standard InChI is InChI=1S/C14H18ClNO2/c1-10-12(15)4-3-5-13(10)16-8-6-11(7-9-16)14(17)18-2/h3-5,11H,6-9H2,1-2H3. The zero-order valence-electron chi connectivity index (χ0n) is 10.8. The number of carbonyl (C=O) groups is 1. The minimum absolute atomic E-state index is 0.0470. The second-order valence-electron chi connectivity index (χ2n) is 4.67. The molecule has 1 saturated heterocycles. The molecule has 98 valence electrons. The SMILES string of the molecule is COC(=O)C1CCN(c2cccc(Cl)c2C)CC1. The van der Waals surface area contributed by atoms with E-state index in [0.29, 0.717) is 0 Å². The predicted molar refractivity (Wildman–Crippen MR) is 73.1 cm³/mol. The van der Waals surface area contributed by atoms with Crippen LogP contribution < -0.4 is 4.90 Å². The van der Waals surface area contributed by atoms with E-state index in [1.807, 2.05) is 19.1 Å². The van der Waals surface area contributed by atoms with Crippen LogP contribution in [0.1, 0.15) is 18.4 Å². The first-order valence-corrected chi connectivity index (χ1v) is 6.59. The summed E-state index contributed by atoms with van der Waals surface area (Å²) in [5, 5.41) is 0.794. The van der Waals surface area contributed by atoms with E-state index in [1.54, 1.807) is 0 Å². The Balaban J connectivity index is 2.06. The second kappa shape index (κ2) is 5.61. The van der Waals surface area contributed by atoms with Crippen molar-refractivity contribution in [3.63, 3.8) is 0 Å². The molecule has 0 radical (unpaired) electrons. The number of rotatable bonds is 2. The molecule has 1 heterocycles. The Morgan fingerprint density at radius 3 is 2.67 bits per heavy atom. The smallest absolute Gasteiger partial charge is 0.308 e. The zero-order valence-corrected chi connectivity index (χ0v) is 11.5. The molecule has 0 atom stereocenters. The van der Waals surface area contributed by atoms with Crippen molar-refractivity contribution in [2.75, 3.05) is 25.1 Å². The number of piperidine rings is 1. The fourth-order valence-corrected chi connectivity index (χ4v) is 2.63. The number of halogens is 1. The number of nitrogens with zero attached hydrogens (tertiary/aromatic N) is 1. The molecule has 0 aromatic heterocycles. The van der Waals surface area contributed by atoms with Crippen LogP contribution in [-0.4, -0.2) is 26.2 Å². The quantitative estimate of drug-likeness (QED) is 0.772. The number of ether oxygens (including phenoxy) is 1. The minimum Gasteiger partial charge on any atom is -0.469 e. The Morgan fingerprint density at radius 1 is 1.39 bits per heavy atom. The molecule has 0 aliphatic carbocycles. The van der Waals surface area contributed by atoms with Gasteiger partial charge in [0.2, 0.25) is 0 Å². The normalized spacial score (nSPS) is 16.7. The zero-order chi connectivity index (χ0) is 13.1. The van der Waals surface area contributed by atoms with Gasteiger partial charge in [-0.1, -0.05) is 17.7 Å². The van der Waals surface area contributed by atoms with E-state index in [4.69, 9.17) is 16.3 Å². The molecule has 0 bridgehead atoms. The molecule has 0 spiro atoms. The van der Waals surface area contributed by atoms with E-state index in [2.05, 4.69) is 11.0 Å². The lowest BCUT2D eigenvalue weighted by atomic mass is 9.96. The van der Waals surface area contributed by atoms with Crippen molar-refractivity contribution in [3.8, 4) is 0 Å². The van der Waals surface area contributed by atoms with Gasteiger partial charge in [-0.05, 0) is 37.5 Å². The highest BCUT2D eigenvalue weighted by Gasteiger charge is 2.26. The van der Waals surface area contributed by atoms with E-state index in [9.17, 15) is 4.79 Å². The third-order valence-corrected chi connectivity index (χ3v) is 4.02. The first kappa shape index (κ1) is 13.2. The molecular formula is C14H18ClNO2. The summed E-state index contributed by atoms with van der Waals surface area (Å²) in [4.78, 5) is 13.8. The van der Waals surface area contributed by atoms with E-state index >= 15 is 0 Å². The lowest BCUT2D eigenvalue weighted by Crippen LogP contribution is -2.37. The average Bonchev–Trinajstić information content (AvgIpc) is 2.41. The van der Waals surface area contributed by atoms with Gasteiger partial charge in [0.05, 0.1) is 13.0 Å². The molecule has 4 heteroatoms. The molecule has 0 unspecified atom stereocenters. The van der Waals surface area contributed by atoms with Gasteiger partial charge in [0.1, 0.15) is 0 Å². The molecular weight excluding hydrogens is 250 g/mol. The van der Waals surface area contributed by atoms with Crippen molar-refractivity contribution in [3.05, 3.63) is 28.8 Å². The fraction of sp³-hybridized carbons (Fsp3) is 0.500. The number of hydrogen-bond donors (Lipinski definition) is 0. The summed E-state index contributed by atoms with van der Waals surface area (Å²) in [5.74, 6) is -0.0387. The molecule has 2 rings (SSSR count). The van der Waals surface area contributed by atoms with Crippen molar-refractivity contribution in [2.45, 2.75) is 19.8 Å². The van der Waals surface area contributed by atoms with Crippen LogP contribution >= 0.6 is 11.6 Å². The Bertz CT molecular complexity index is 439. The monoisotopic (exact) mass is 267 g/mol. The van der Waals surface area contributed by atoms with Crippen molar-refractivity contribution < 1.29 is 9.53 Å². The van der Waals surface area contributed by atoms with E-state index in [0.717, 1.165) is 36.5 Å². The number of anilines is 1. The number of hydrogen-bond acceptors (Lipinski definition) is 3. The highest BCUT2D eigenvalue weighted by Crippen LogP contribution is 2.30. The molecule has 1 aliphatic rings. The molecule has 0 N–H and O–H groups in total. The summed E-state index contributed by atoms with van der Waals surface area (Å²) < 4.78 is 4.79. The number of methoxy groups -OCH3 is 1. The first-order valence-electron chi connectivity index (χ1n) is 6.21. The summed E-state index contributed by atoms with van der Waals surface area (Å²) >= 11 is 6.13. The van der Waals surface area contributed by atoms with Gasteiger partial charge >= 0.3 is 5.97 Å². The maximum absolute atomic E-state index is 11.5. The van der Waals surface area contributed by atoms with Gasteiger partial charge in [0.25, 0.3) is 0 Å².